The van der Waals surface area contributed by atoms with Crippen molar-refractivity contribution in [3.63, 3.8) is 0 Å². The summed E-state index contributed by atoms with van der Waals surface area (Å²) in [7, 11) is 3.43. The maximum absolute atomic E-state index is 5.74. The van der Waals surface area contributed by atoms with E-state index in [-0.39, 0.29) is 6.04 Å². The van der Waals surface area contributed by atoms with Crippen LogP contribution in [0, 0.1) is 0 Å². The van der Waals surface area contributed by atoms with E-state index in [9.17, 15) is 0 Å². The maximum Gasteiger partial charge on any atom is 0.165 e. The maximum atomic E-state index is 5.74. The molecule has 3 rings (SSSR count). The summed E-state index contributed by atoms with van der Waals surface area (Å²) in [5, 5.41) is 0. The van der Waals surface area contributed by atoms with Crippen molar-refractivity contribution in [1.29, 1.82) is 0 Å². The van der Waals surface area contributed by atoms with Gasteiger partial charge in [-0.25, -0.2) is 0 Å². The highest BCUT2D eigenvalue weighted by molar-refractivity contribution is 5.50. The number of nitrogens with zero attached hydrogens (tertiary/aromatic N) is 2. The fraction of sp³-hybridized carbons (Fsp3) is 0.500. The van der Waals surface area contributed by atoms with Crippen LogP contribution >= 0.6 is 0 Å². The van der Waals surface area contributed by atoms with Crippen LogP contribution in [0.15, 0.2) is 36.5 Å². The Morgan fingerprint density at radius 3 is 2.71 bits per heavy atom. The number of hydrogen-bond donors (Lipinski definition) is 0. The average molecular weight is 328 g/mol. The van der Waals surface area contributed by atoms with Crippen LogP contribution in [-0.2, 0) is 6.54 Å². The average Bonchev–Trinajstić information content (AvgIpc) is 3.00. The molecular formula is C20H28N2O2. The lowest BCUT2D eigenvalue weighted by Gasteiger charge is -2.31. The topological polar surface area (TPSA) is 26.6 Å². The first-order chi connectivity index (χ1) is 11.8. The minimum atomic E-state index is 0.207. The molecule has 1 aromatic carbocycles. The van der Waals surface area contributed by atoms with E-state index >= 15 is 0 Å². The van der Waals surface area contributed by atoms with Gasteiger partial charge in [-0.3, -0.25) is 4.90 Å². The molecule has 130 valence electrons. The van der Waals surface area contributed by atoms with Crippen LogP contribution < -0.4 is 9.47 Å². The Morgan fingerprint density at radius 1 is 1.08 bits per heavy atom. The molecule has 2 aromatic rings. The predicted molar refractivity (Wildman–Crippen MR) is 96.9 cm³/mol. The first kappa shape index (κ1) is 16.9. The smallest absolute Gasteiger partial charge is 0.165 e. The molecule has 0 radical (unpaired) electrons. The number of aryl methyl sites for hydroxylation is 1. The van der Waals surface area contributed by atoms with Crippen molar-refractivity contribution < 1.29 is 9.47 Å². The van der Waals surface area contributed by atoms with Gasteiger partial charge in [-0.1, -0.05) is 25.5 Å². The number of methoxy groups -OCH3 is 2. The highest BCUT2D eigenvalue weighted by Crippen LogP contribution is 2.41. The first-order valence-electron chi connectivity index (χ1n) is 8.90. The van der Waals surface area contributed by atoms with Crippen LogP contribution in [0.25, 0.3) is 0 Å². The molecule has 1 unspecified atom stereocenters. The molecular weight excluding hydrogens is 300 g/mol. The van der Waals surface area contributed by atoms with Gasteiger partial charge in [0.05, 0.1) is 20.3 Å². The molecule has 1 atom stereocenters. The molecule has 2 heterocycles. The number of hydrogen-bond acceptors (Lipinski definition) is 3. The Morgan fingerprint density at radius 2 is 1.96 bits per heavy atom. The Balaban J connectivity index is 2.10. The molecule has 1 aliphatic heterocycles. The second-order valence-electron chi connectivity index (χ2n) is 6.35. The zero-order valence-corrected chi connectivity index (χ0v) is 15.0. The monoisotopic (exact) mass is 328 g/mol. The number of benzene rings is 1. The van der Waals surface area contributed by atoms with E-state index in [1.807, 2.05) is 6.07 Å². The third kappa shape index (κ3) is 3.16. The fourth-order valence-corrected chi connectivity index (χ4v) is 3.72. The summed E-state index contributed by atoms with van der Waals surface area (Å²) >= 11 is 0. The summed E-state index contributed by atoms with van der Waals surface area (Å²) in [6.07, 6.45) is 5.79. The van der Waals surface area contributed by atoms with Gasteiger partial charge >= 0.3 is 0 Å². The number of rotatable bonds is 6. The molecule has 0 spiro atoms. The fourth-order valence-electron chi connectivity index (χ4n) is 3.72. The number of aromatic nitrogens is 1. The van der Waals surface area contributed by atoms with E-state index in [2.05, 4.69) is 46.9 Å². The van der Waals surface area contributed by atoms with Crippen molar-refractivity contribution in [2.45, 2.75) is 38.8 Å². The molecule has 0 aliphatic carbocycles. The number of para-hydroxylation sites is 1. The Bertz CT molecular complexity index is 665. The van der Waals surface area contributed by atoms with E-state index in [1.165, 1.54) is 30.5 Å². The molecule has 0 saturated heterocycles. The number of ether oxygens (including phenoxy) is 2. The lowest BCUT2D eigenvalue weighted by atomic mass is 9.99. The van der Waals surface area contributed by atoms with Crippen molar-refractivity contribution in [2.24, 2.45) is 0 Å². The quantitative estimate of drug-likeness (QED) is 0.799. The van der Waals surface area contributed by atoms with E-state index in [1.54, 1.807) is 14.2 Å². The molecule has 0 amide bonds. The van der Waals surface area contributed by atoms with Crippen molar-refractivity contribution >= 4 is 0 Å². The van der Waals surface area contributed by atoms with Crippen LogP contribution in [-0.4, -0.2) is 36.8 Å². The SMILES string of the molecule is CCCCN1CCCn2cccc2C1c1cccc(OC)c1OC. The van der Waals surface area contributed by atoms with Crippen molar-refractivity contribution in [3.8, 4) is 11.5 Å². The number of unbranched alkanes of at least 4 members (excludes halogenated alkanes) is 1. The van der Waals surface area contributed by atoms with E-state index in [0.29, 0.717) is 0 Å². The van der Waals surface area contributed by atoms with Crippen molar-refractivity contribution in [3.05, 3.63) is 47.8 Å². The second kappa shape index (κ2) is 7.75. The first-order valence-corrected chi connectivity index (χ1v) is 8.90. The van der Waals surface area contributed by atoms with Gasteiger partial charge in [0.1, 0.15) is 0 Å². The van der Waals surface area contributed by atoms with Crippen molar-refractivity contribution in [2.75, 3.05) is 27.3 Å². The molecule has 0 bridgehead atoms. The standard InChI is InChI=1S/C20H28N2O2/c1-4-5-12-22-15-8-14-21-13-7-10-17(21)19(22)16-9-6-11-18(23-2)20(16)24-3/h6-7,9-11,13,19H,4-5,8,12,14-15H2,1-3H3. The predicted octanol–water partition coefficient (Wildman–Crippen LogP) is 4.10. The zero-order valence-electron chi connectivity index (χ0n) is 15.0. The van der Waals surface area contributed by atoms with Crippen LogP contribution in [0.4, 0.5) is 0 Å². The molecule has 1 aromatic heterocycles. The minimum absolute atomic E-state index is 0.207. The minimum Gasteiger partial charge on any atom is -0.493 e. The lowest BCUT2D eigenvalue weighted by molar-refractivity contribution is 0.220. The summed E-state index contributed by atoms with van der Waals surface area (Å²) in [6, 6.07) is 10.8. The number of fused-ring (bicyclic) bond motifs is 1. The summed E-state index contributed by atoms with van der Waals surface area (Å²) < 4.78 is 13.7. The van der Waals surface area contributed by atoms with Gasteiger partial charge in [0, 0.05) is 30.5 Å². The Labute approximate surface area is 145 Å². The van der Waals surface area contributed by atoms with Crippen LogP contribution in [0.5, 0.6) is 11.5 Å². The van der Waals surface area contributed by atoms with E-state index < -0.39 is 0 Å². The largest absolute Gasteiger partial charge is 0.493 e. The highest BCUT2D eigenvalue weighted by Gasteiger charge is 2.30. The van der Waals surface area contributed by atoms with Gasteiger partial charge in [-0.2, -0.15) is 0 Å². The van der Waals surface area contributed by atoms with E-state index in [0.717, 1.165) is 31.1 Å². The van der Waals surface area contributed by atoms with E-state index in [4.69, 9.17) is 9.47 Å². The summed E-state index contributed by atoms with van der Waals surface area (Å²) in [5.41, 5.74) is 2.53. The third-order valence-corrected chi connectivity index (χ3v) is 4.88. The second-order valence-corrected chi connectivity index (χ2v) is 6.35. The third-order valence-electron chi connectivity index (χ3n) is 4.88. The molecule has 24 heavy (non-hydrogen) atoms. The van der Waals surface area contributed by atoms with Gasteiger partial charge in [0.15, 0.2) is 11.5 Å². The molecule has 0 saturated carbocycles. The van der Waals surface area contributed by atoms with Gasteiger partial charge in [0.2, 0.25) is 0 Å². The van der Waals surface area contributed by atoms with Crippen LogP contribution in [0.3, 0.4) is 0 Å². The van der Waals surface area contributed by atoms with Crippen LogP contribution in [0.1, 0.15) is 43.5 Å². The molecule has 0 N–H and O–H groups in total. The molecule has 0 fully saturated rings. The normalized spacial score (nSPS) is 18.0. The van der Waals surface area contributed by atoms with Crippen LogP contribution in [0.2, 0.25) is 0 Å². The zero-order chi connectivity index (χ0) is 16.9. The summed E-state index contributed by atoms with van der Waals surface area (Å²) in [4.78, 5) is 2.60. The Kier molecular flexibility index (Phi) is 5.46. The van der Waals surface area contributed by atoms with Gasteiger partial charge in [0.25, 0.3) is 0 Å². The van der Waals surface area contributed by atoms with Crippen molar-refractivity contribution in [1.82, 2.24) is 9.47 Å². The molecule has 4 nitrogen and oxygen atoms in total. The summed E-state index contributed by atoms with van der Waals surface area (Å²) in [6.45, 7) is 5.54. The van der Waals surface area contributed by atoms with Gasteiger partial charge in [-0.15, -0.1) is 0 Å². The molecule has 1 aliphatic rings. The lowest BCUT2D eigenvalue weighted by Crippen LogP contribution is -2.31. The highest BCUT2D eigenvalue weighted by atomic mass is 16.5. The summed E-state index contributed by atoms with van der Waals surface area (Å²) in [5.74, 6) is 1.65. The van der Waals surface area contributed by atoms with Gasteiger partial charge in [-0.05, 0) is 37.6 Å². The molecule has 4 heteroatoms. The Hall–Kier alpha value is -1.94. The van der Waals surface area contributed by atoms with Gasteiger partial charge < -0.3 is 14.0 Å².